The summed E-state index contributed by atoms with van der Waals surface area (Å²) in [6, 6.07) is 8.48. The Bertz CT molecular complexity index is 506. The van der Waals surface area contributed by atoms with Crippen LogP contribution < -0.4 is 0 Å². The Morgan fingerprint density at radius 2 is 1.55 bits per heavy atom. The van der Waals surface area contributed by atoms with E-state index in [2.05, 4.69) is 51.1 Å². The molecule has 1 heteroatoms. The molecule has 1 nitrogen and oxygen atoms in total. The average Bonchev–Trinajstić information content (AvgIpc) is 2.68. The van der Waals surface area contributed by atoms with Gasteiger partial charge in [-0.2, -0.15) is 0 Å². The van der Waals surface area contributed by atoms with Gasteiger partial charge in [0.25, 0.3) is 0 Å². The Hall–Kier alpha value is -1.89. The van der Waals surface area contributed by atoms with E-state index in [0.29, 0.717) is 0 Å². The van der Waals surface area contributed by atoms with E-state index in [4.69, 9.17) is 0 Å². The Balaban J connectivity index is 0.000000217. The molecule has 0 aliphatic heterocycles. The van der Waals surface area contributed by atoms with E-state index in [1.54, 1.807) is 6.92 Å². The molecule has 0 radical (unpaired) electrons. The lowest BCUT2D eigenvalue weighted by Gasteiger charge is -1.92. The summed E-state index contributed by atoms with van der Waals surface area (Å²) in [4.78, 5) is 11.0. The minimum Gasteiger partial charge on any atom is -0.295 e. The zero-order chi connectivity index (χ0) is 15.0. The highest BCUT2D eigenvalue weighted by Gasteiger charge is 2.00. The second kappa shape index (κ2) is 8.31. The van der Waals surface area contributed by atoms with Crippen LogP contribution in [0.25, 0.3) is 0 Å². The number of carbonyl (C=O) groups excluding carboxylic acids is 1. The maximum absolute atomic E-state index is 11.0. The molecule has 1 aromatic carbocycles. The van der Waals surface area contributed by atoms with Gasteiger partial charge in [0.05, 0.1) is 0 Å². The van der Waals surface area contributed by atoms with Gasteiger partial charge >= 0.3 is 0 Å². The van der Waals surface area contributed by atoms with Gasteiger partial charge in [-0.25, -0.2) is 0 Å². The third kappa shape index (κ3) is 5.83. The molecule has 0 bridgehead atoms. The van der Waals surface area contributed by atoms with Gasteiger partial charge in [0.1, 0.15) is 0 Å². The molecule has 0 saturated heterocycles. The molecule has 0 atom stereocenters. The number of Topliss-reactive ketones (excluding diaryl/α,β-unsaturated/α-hetero) is 1. The van der Waals surface area contributed by atoms with Crippen molar-refractivity contribution in [2.24, 2.45) is 0 Å². The summed E-state index contributed by atoms with van der Waals surface area (Å²) < 4.78 is 0. The van der Waals surface area contributed by atoms with Crippen LogP contribution in [0.3, 0.4) is 0 Å². The first-order valence-electron chi connectivity index (χ1n) is 7.14. The average molecular weight is 268 g/mol. The van der Waals surface area contributed by atoms with Crippen LogP contribution in [-0.4, -0.2) is 5.78 Å². The van der Waals surface area contributed by atoms with E-state index in [9.17, 15) is 4.79 Å². The number of allylic oxidation sites excluding steroid dienone is 6. The fraction of sp³-hybridized carbons (Fsp3) is 0.316. The monoisotopic (exact) mass is 268 g/mol. The van der Waals surface area contributed by atoms with Gasteiger partial charge in [-0.15, -0.1) is 0 Å². The number of hydrogen-bond acceptors (Lipinski definition) is 1. The highest BCUT2D eigenvalue weighted by atomic mass is 16.1. The van der Waals surface area contributed by atoms with Crippen molar-refractivity contribution in [1.29, 1.82) is 0 Å². The first kappa shape index (κ1) is 16.2. The van der Waals surface area contributed by atoms with E-state index >= 15 is 0 Å². The summed E-state index contributed by atoms with van der Waals surface area (Å²) >= 11 is 0. The Morgan fingerprint density at radius 1 is 1.00 bits per heavy atom. The molecule has 0 aromatic heterocycles. The van der Waals surface area contributed by atoms with Crippen LogP contribution in [0, 0.1) is 13.8 Å². The molecule has 1 aliphatic rings. The lowest BCUT2D eigenvalue weighted by Crippen LogP contribution is -1.91. The highest BCUT2D eigenvalue weighted by molar-refractivity contribution is 5.96. The minimum atomic E-state index is 0.150. The van der Waals surface area contributed by atoms with Crippen LogP contribution in [0.1, 0.15) is 37.8 Å². The van der Waals surface area contributed by atoms with Crippen LogP contribution in [0.5, 0.6) is 0 Å². The third-order valence-electron chi connectivity index (χ3n) is 3.23. The number of ketones is 1. The normalized spacial score (nSPS) is 13.6. The van der Waals surface area contributed by atoms with Crippen molar-refractivity contribution >= 4 is 5.78 Å². The third-order valence-corrected chi connectivity index (χ3v) is 3.23. The predicted octanol–water partition coefficient (Wildman–Crippen LogP) is 5.10. The maximum atomic E-state index is 11.0. The van der Waals surface area contributed by atoms with Crippen LogP contribution in [0.15, 0.2) is 59.7 Å². The molecule has 0 spiro atoms. The standard InChI is InChI=1S/C11H14O.C8H10/c1-3-10-5-4-6-11(8-7-10)9(2)12;1-7-3-5-8(2)6-4-7/h5-8H,3-4H2,1-2H3;3-6H,1-2H3. The van der Waals surface area contributed by atoms with E-state index in [1.807, 2.05) is 18.2 Å². The summed E-state index contributed by atoms with van der Waals surface area (Å²) in [5, 5.41) is 0. The highest BCUT2D eigenvalue weighted by Crippen LogP contribution is 2.13. The van der Waals surface area contributed by atoms with Gasteiger partial charge in [-0.1, -0.05) is 72.2 Å². The van der Waals surface area contributed by atoms with E-state index in [1.165, 1.54) is 16.7 Å². The van der Waals surface area contributed by atoms with Gasteiger partial charge in [0.15, 0.2) is 5.78 Å². The second-order valence-corrected chi connectivity index (χ2v) is 5.07. The number of carbonyl (C=O) groups is 1. The van der Waals surface area contributed by atoms with Crippen molar-refractivity contribution in [3.8, 4) is 0 Å². The molecular weight excluding hydrogens is 244 g/mol. The van der Waals surface area contributed by atoms with Crippen molar-refractivity contribution < 1.29 is 4.79 Å². The fourth-order valence-electron chi connectivity index (χ4n) is 1.83. The topological polar surface area (TPSA) is 17.1 Å². The SMILES string of the molecule is CCC1=CCC=C(C(C)=O)C=C1.Cc1ccc(C)cc1. The summed E-state index contributed by atoms with van der Waals surface area (Å²) in [5.41, 5.74) is 4.79. The van der Waals surface area contributed by atoms with Crippen LogP contribution in [0.4, 0.5) is 0 Å². The molecule has 0 heterocycles. The summed E-state index contributed by atoms with van der Waals surface area (Å²) in [6.07, 6.45) is 9.99. The molecule has 0 fully saturated rings. The molecule has 0 saturated carbocycles. The molecule has 1 aliphatic carbocycles. The van der Waals surface area contributed by atoms with Crippen molar-refractivity contribution in [2.45, 2.75) is 40.5 Å². The van der Waals surface area contributed by atoms with Gasteiger partial charge < -0.3 is 0 Å². The van der Waals surface area contributed by atoms with Crippen LogP contribution in [0.2, 0.25) is 0 Å². The zero-order valence-corrected chi connectivity index (χ0v) is 12.9. The molecule has 0 amide bonds. The van der Waals surface area contributed by atoms with Crippen LogP contribution >= 0.6 is 0 Å². The molecule has 1 aromatic rings. The first-order chi connectivity index (χ1) is 9.52. The van der Waals surface area contributed by atoms with Crippen molar-refractivity contribution in [1.82, 2.24) is 0 Å². The zero-order valence-electron chi connectivity index (χ0n) is 12.9. The van der Waals surface area contributed by atoms with E-state index < -0.39 is 0 Å². The first-order valence-corrected chi connectivity index (χ1v) is 7.14. The second-order valence-electron chi connectivity index (χ2n) is 5.07. The van der Waals surface area contributed by atoms with Gasteiger partial charge in [-0.3, -0.25) is 4.79 Å². The molecule has 2 rings (SSSR count). The Labute approximate surface area is 122 Å². The summed E-state index contributed by atoms with van der Waals surface area (Å²) in [5.74, 6) is 0.150. The Kier molecular flexibility index (Phi) is 6.72. The minimum absolute atomic E-state index is 0.150. The quantitative estimate of drug-likeness (QED) is 0.729. The Morgan fingerprint density at radius 3 is 2.00 bits per heavy atom. The van der Waals surface area contributed by atoms with Crippen molar-refractivity contribution in [3.63, 3.8) is 0 Å². The molecule has 0 unspecified atom stereocenters. The van der Waals surface area contributed by atoms with E-state index in [0.717, 1.165) is 18.4 Å². The molecule has 106 valence electrons. The van der Waals surface area contributed by atoms with Gasteiger partial charge in [-0.05, 0) is 33.6 Å². The van der Waals surface area contributed by atoms with Crippen molar-refractivity contribution in [3.05, 3.63) is 70.8 Å². The lowest BCUT2D eigenvalue weighted by atomic mass is 10.1. The molecule has 0 N–H and O–H groups in total. The summed E-state index contributed by atoms with van der Waals surface area (Å²) in [6.45, 7) is 7.92. The van der Waals surface area contributed by atoms with Crippen molar-refractivity contribution in [2.75, 3.05) is 0 Å². The number of rotatable bonds is 2. The van der Waals surface area contributed by atoms with E-state index in [-0.39, 0.29) is 5.78 Å². The van der Waals surface area contributed by atoms with Crippen LogP contribution in [-0.2, 0) is 4.79 Å². The smallest absolute Gasteiger partial charge is 0.159 e. The number of aryl methyl sites for hydroxylation is 2. The lowest BCUT2D eigenvalue weighted by molar-refractivity contribution is -0.113. The largest absolute Gasteiger partial charge is 0.295 e. The number of benzene rings is 1. The van der Waals surface area contributed by atoms with Gasteiger partial charge in [0, 0.05) is 5.57 Å². The number of hydrogen-bond donors (Lipinski definition) is 0. The molecular formula is C19H24O. The maximum Gasteiger partial charge on any atom is 0.159 e. The summed E-state index contributed by atoms with van der Waals surface area (Å²) in [7, 11) is 0. The van der Waals surface area contributed by atoms with Gasteiger partial charge in [0.2, 0.25) is 0 Å². The predicted molar refractivity (Wildman–Crippen MR) is 86.8 cm³/mol. The fourth-order valence-corrected chi connectivity index (χ4v) is 1.83. The molecule has 20 heavy (non-hydrogen) atoms.